The van der Waals surface area contributed by atoms with Gasteiger partial charge in [-0.05, 0) is 61.4 Å². The molecule has 7 heteroatoms. The lowest BCUT2D eigenvalue weighted by Gasteiger charge is -2.25. The Morgan fingerprint density at radius 1 is 1.00 bits per heavy atom. The third kappa shape index (κ3) is 3.13. The lowest BCUT2D eigenvalue weighted by molar-refractivity contribution is -0.132. The summed E-state index contributed by atoms with van der Waals surface area (Å²) in [6.45, 7) is 4.61. The fraction of sp³-hybridized carbons (Fsp3) is 0.200. The van der Waals surface area contributed by atoms with Gasteiger partial charge in [0.25, 0.3) is 11.7 Å². The molecule has 0 radical (unpaired) electrons. The van der Waals surface area contributed by atoms with Crippen LogP contribution in [0.25, 0.3) is 5.76 Å². The topological polar surface area (TPSA) is 89.2 Å². The van der Waals surface area contributed by atoms with Gasteiger partial charge < -0.3 is 19.0 Å². The zero-order valence-electron chi connectivity index (χ0n) is 17.6. The van der Waals surface area contributed by atoms with Crippen LogP contribution < -0.4 is 14.4 Å². The molecule has 0 bridgehead atoms. The lowest BCUT2D eigenvalue weighted by Crippen LogP contribution is -2.30. The van der Waals surface area contributed by atoms with E-state index in [1.54, 1.807) is 30.3 Å². The van der Waals surface area contributed by atoms with E-state index in [-0.39, 0.29) is 11.3 Å². The Hall–Kier alpha value is -4.00. The predicted octanol–water partition coefficient (Wildman–Crippen LogP) is 4.29. The first-order valence-electron chi connectivity index (χ1n) is 10.3. The minimum atomic E-state index is -0.904. The van der Waals surface area contributed by atoms with Gasteiger partial charge in [-0.2, -0.15) is 0 Å². The zero-order valence-corrected chi connectivity index (χ0v) is 17.6. The maximum atomic E-state index is 13.2. The number of Topliss-reactive ketones (excluding diaryl/α,β-unsaturated/α-hetero) is 1. The number of benzene rings is 2. The fourth-order valence-electron chi connectivity index (χ4n) is 4.12. The Kier molecular flexibility index (Phi) is 4.74. The summed E-state index contributed by atoms with van der Waals surface area (Å²) in [5.41, 5.74) is 2.67. The summed E-state index contributed by atoms with van der Waals surface area (Å²) in [5.74, 6) is -0.387. The third-order valence-electron chi connectivity index (χ3n) is 5.70. The molecule has 3 heterocycles. The Bertz CT molecular complexity index is 1260. The summed E-state index contributed by atoms with van der Waals surface area (Å²) in [6, 6.07) is 13.1. The highest BCUT2D eigenvalue weighted by Crippen LogP contribution is 2.44. The van der Waals surface area contributed by atoms with E-state index < -0.39 is 17.7 Å². The number of fused-ring (bicyclic) bond motifs is 1. The average molecular weight is 431 g/mol. The Morgan fingerprint density at radius 2 is 1.78 bits per heavy atom. The number of furan rings is 1. The number of aryl methyl sites for hydroxylation is 2. The van der Waals surface area contributed by atoms with Gasteiger partial charge in [-0.25, -0.2) is 0 Å². The summed E-state index contributed by atoms with van der Waals surface area (Å²) in [5, 5.41) is 11.2. The molecule has 1 unspecified atom stereocenters. The van der Waals surface area contributed by atoms with Crippen LogP contribution in [0.5, 0.6) is 11.5 Å². The number of hydrogen-bond acceptors (Lipinski definition) is 6. The minimum Gasteiger partial charge on any atom is -0.507 e. The molecule has 0 aliphatic carbocycles. The first kappa shape index (κ1) is 19.9. The van der Waals surface area contributed by atoms with Gasteiger partial charge in [0.1, 0.15) is 30.8 Å². The van der Waals surface area contributed by atoms with E-state index in [9.17, 15) is 14.7 Å². The molecule has 0 spiro atoms. The molecule has 7 nitrogen and oxygen atoms in total. The van der Waals surface area contributed by atoms with E-state index in [0.717, 1.165) is 11.1 Å². The number of carbonyl (C=O) groups is 2. The normalized spacial score (nSPS) is 19.4. The van der Waals surface area contributed by atoms with Crippen molar-refractivity contribution in [3.05, 3.63) is 82.8 Å². The molecule has 1 saturated heterocycles. The van der Waals surface area contributed by atoms with Crippen molar-refractivity contribution in [1.82, 2.24) is 0 Å². The van der Waals surface area contributed by atoms with Crippen LogP contribution in [0.4, 0.5) is 5.69 Å². The molecule has 32 heavy (non-hydrogen) atoms. The zero-order chi connectivity index (χ0) is 22.4. The van der Waals surface area contributed by atoms with Crippen LogP contribution in [0, 0.1) is 13.8 Å². The molecule has 2 aliphatic rings. The van der Waals surface area contributed by atoms with Gasteiger partial charge >= 0.3 is 0 Å². The summed E-state index contributed by atoms with van der Waals surface area (Å²) in [4.78, 5) is 27.8. The van der Waals surface area contributed by atoms with Crippen molar-refractivity contribution in [1.29, 1.82) is 0 Å². The molecule has 1 fully saturated rings. The van der Waals surface area contributed by atoms with Crippen molar-refractivity contribution in [2.24, 2.45) is 0 Å². The molecule has 1 N–H and O–H groups in total. The highest BCUT2D eigenvalue weighted by Gasteiger charge is 2.48. The van der Waals surface area contributed by atoms with E-state index in [4.69, 9.17) is 13.9 Å². The van der Waals surface area contributed by atoms with Gasteiger partial charge in [-0.1, -0.05) is 12.1 Å². The van der Waals surface area contributed by atoms with Crippen LogP contribution in [0.2, 0.25) is 0 Å². The van der Waals surface area contributed by atoms with E-state index >= 15 is 0 Å². The molecule has 1 amide bonds. The van der Waals surface area contributed by atoms with Crippen LogP contribution in [0.15, 0.2) is 64.8 Å². The SMILES string of the molecule is Cc1ccc(C)c(N2C(=O)C(=O)/C(=C(\O)c3ccc4c(c3)OCCO4)C2c2ccco2)c1. The predicted molar refractivity (Wildman–Crippen MR) is 117 cm³/mol. The lowest BCUT2D eigenvalue weighted by atomic mass is 9.98. The van der Waals surface area contributed by atoms with Crippen molar-refractivity contribution in [3.8, 4) is 11.5 Å². The number of carbonyl (C=O) groups excluding carboxylic acids is 2. The molecule has 3 aromatic rings. The quantitative estimate of drug-likeness (QED) is 0.378. The number of aliphatic hydroxyl groups excluding tert-OH is 1. The largest absolute Gasteiger partial charge is 0.507 e. The summed E-state index contributed by atoms with van der Waals surface area (Å²) < 4.78 is 16.7. The van der Waals surface area contributed by atoms with Gasteiger partial charge in [0.2, 0.25) is 0 Å². The summed E-state index contributed by atoms with van der Waals surface area (Å²) >= 11 is 0. The molecular weight excluding hydrogens is 410 g/mol. The molecule has 1 atom stereocenters. The smallest absolute Gasteiger partial charge is 0.300 e. The Balaban J connectivity index is 1.70. The second-order valence-electron chi connectivity index (χ2n) is 7.83. The van der Waals surface area contributed by atoms with Gasteiger partial charge in [0, 0.05) is 11.3 Å². The van der Waals surface area contributed by atoms with Gasteiger partial charge in [0.05, 0.1) is 11.8 Å². The second-order valence-corrected chi connectivity index (χ2v) is 7.83. The number of nitrogens with zero attached hydrogens (tertiary/aromatic N) is 1. The minimum absolute atomic E-state index is 0.0393. The molecule has 162 valence electrons. The van der Waals surface area contributed by atoms with Gasteiger partial charge in [-0.3, -0.25) is 14.5 Å². The molecule has 1 aromatic heterocycles. The van der Waals surface area contributed by atoms with Crippen molar-refractivity contribution in [2.45, 2.75) is 19.9 Å². The van der Waals surface area contributed by atoms with Crippen molar-refractivity contribution < 1.29 is 28.6 Å². The molecule has 2 aliphatic heterocycles. The van der Waals surface area contributed by atoms with E-state index in [2.05, 4.69) is 0 Å². The summed E-state index contributed by atoms with van der Waals surface area (Å²) in [6.07, 6.45) is 1.47. The average Bonchev–Trinajstić information content (AvgIpc) is 3.42. The Labute approximate surface area is 184 Å². The van der Waals surface area contributed by atoms with Gasteiger partial charge in [0.15, 0.2) is 11.5 Å². The maximum Gasteiger partial charge on any atom is 0.300 e. The first-order valence-corrected chi connectivity index (χ1v) is 10.3. The second kappa shape index (κ2) is 7.60. The van der Waals surface area contributed by atoms with Crippen molar-refractivity contribution in [3.63, 3.8) is 0 Å². The van der Waals surface area contributed by atoms with Crippen LogP contribution in [0.3, 0.4) is 0 Å². The summed E-state index contributed by atoms with van der Waals surface area (Å²) in [7, 11) is 0. The van der Waals surface area contributed by atoms with Crippen LogP contribution >= 0.6 is 0 Å². The van der Waals surface area contributed by atoms with Crippen LogP contribution in [-0.2, 0) is 9.59 Å². The number of aliphatic hydroxyl groups is 1. The number of amides is 1. The van der Waals surface area contributed by atoms with Crippen LogP contribution in [-0.4, -0.2) is 30.0 Å². The molecule has 5 rings (SSSR count). The van der Waals surface area contributed by atoms with Crippen molar-refractivity contribution in [2.75, 3.05) is 18.1 Å². The monoisotopic (exact) mass is 431 g/mol. The number of ketones is 1. The number of rotatable bonds is 3. The number of anilines is 1. The molecule has 2 aromatic carbocycles. The molecule has 0 saturated carbocycles. The number of hydrogen-bond donors (Lipinski definition) is 1. The maximum absolute atomic E-state index is 13.2. The highest BCUT2D eigenvalue weighted by molar-refractivity contribution is 6.51. The Morgan fingerprint density at radius 3 is 2.53 bits per heavy atom. The van der Waals surface area contributed by atoms with Gasteiger partial charge in [-0.15, -0.1) is 0 Å². The molecular formula is C25H21NO6. The first-order chi connectivity index (χ1) is 15.5. The van der Waals surface area contributed by atoms with Crippen LogP contribution in [0.1, 0.15) is 28.5 Å². The highest BCUT2D eigenvalue weighted by atomic mass is 16.6. The number of ether oxygens (including phenoxy) is 2. The standard InChI is InChI=1S/C25H21NO6/c1-14-5-6-15(2)17(12-14)26-22(19-4-3-9-30-19)21(24(28)25(26)29)23(27)16-7-8-18-20(13-16)32-11-10-31-18/h3-9,12-13,22,27H,10-11H2,1-2H3/b23-21-. The van der Waals surface area contributed by atoms with E-state index in [1.165, 1.54) is 11.2 Å². The van der Waals surface area contributed by atoms with E-state index in [1.807, 2.05) is 32.0 Å². The van der Waals surface area contributed by atoms with E-state index in [0.29, 0.717) is 41.7 Å². The fourth-order valence-corrected chi connectivity index (χ4v) is 4.12. The van der Waals surface area contributed by atoms with Crippen molar-refractivity contribution >= 4 is 23.1 Å². The third-order valence-corrected chi connectivity index (χ3v) is 5.70.